The first-order valence-electron chi connectivity index (χ1n) is 7.61. The van der Waals surface area contributed by atoms with E-state index in [1.54, 1.807) is 11.3 Å². The lowest BCUT2D eigenvalue weighted by atomic mass is 9.95. The van der Waals surface area contributed by atoms with Crippen LogP contribution in [0.4, 0.5) is 5.82 Å². The smallest absolute Gasteiger partial charge is 0.195 e. The van der Waals surface area contributed by atoms with Crippen molar-refractivity contribution < 1.29 is 5.11 Å². The van der Waals surface area contributed by atoms with Gasteiger partial charge in [0.25, 0.3) is 0 Å². The lowest BCUT2D eigenvalue weighted by Gasteiger charge is -2.37. The van der Waals surface area contributed by atoms with Crippen LogP contribution in [-0.4, -0.2) is 39.2 Å². The Labute approximate surface area is 129 Å². The van der Waals surface area contributed by atoms with Crippen molar-refractivity contribution in [3.63, 3.8) is 0 Å². The van der Waals surface area contributed by atoms with Crippen molar-refractivity contribution in [2.24, 2.45) is 0 Å². The van der Waals surface area contributed by atoms with Crippen LogP contribution in [0, 0.1) is 0 Å². The third-order valence-electron chi connectivity index (χ3n) is 3.99. The monoisotopic (exact) mass is 308 g/mol. The standard InChI is InChI=1S/C15H24N4OS/c1-11(2)16-9-12-13(17-14-19(12)7-8-21-14)18-6-4-5-15(3,20)10-18/h7-8,11,16,20H,4-6,9-10H2,1-3H3. The number of hydrogen-bond donors (Lipinski definition) is 2. The van der Waals surface area contributed by atoms with Crippen molar-refractivity contribution in [1.82, 2.24) is 14.7 Å². The number of aromatic nitrogens is 2. The Bertz CT molecular complexity index is 616. The fourth-order valence-electron chi connectivity index (χ4n) is 2.94. The van der Waals surface area contributed by atoms with Crippen molar-refractivity contribution in [2.45, 2.75) is 51.8 Å². The topological polar surface area (TPSA) is 52.8 Å². The fourth-order valence-corrected chi connectivity index (χ4v) is 3.67. The Balaban J connectivity index is 1.93. The second-order valence-corrected chi connectivity index (χ2v) is 7.37. The largest absolute Gasteiger partial charge is 0.388 e. The lowest BCUT2D eigenvalue weighted by Crippen LogP contribution is -2.46. The summed E-state index contributed by atoms with van der Waals surface area (Å²) in [5, 5.41) is 15.9. The fraction of sp³-hybridized carbons (Fsp3) is 0.667. The van der Waals surface area contributed by atoms with E-state index in [9.17, 15) is 5.11 Å². The number of rotatable bonds is 4. The number of fused-ring (bicyclic) bond motifs is 1. The molecule has 0 aliphatic carbocycles. The number of nitrogens with one attached hydrogen (secondary N) is 1. The molecule has 0 radical (unpaired) electrons. The Morgan fingerprint density at radius 1 is 1.52 bits per heavy atom. The van der Waals surface area contributed by atoms with Gasteiger partial charge < -0.3 is 15.3 Å². The molecule has 1 saturated heterocycles. The Hall–Kier alpha value is -1.11. The molecule has 1 unspecified atom stereocenters. The van der Waals surface area contributed by atoms with Crippen molar-refractivity contribution in [3.05, 3.63) is 17.3 Å². The first-order valence-corrected chi connectivity index (χ1v) is 8.49. The molecule has 6 heteroatoms. The zero-order valence-corrected chi connectivity index (χ0v) is 13.8. The van der Waals surface area contributed by atoms with Gasteiger partial charge in [-0.15, -0.1) is 11.3 Å². The van der Waals surface area contributed by atoms with E-state index < -0.39 is 5.60 Å². The summed E-state index contributed by atoms with van der Waals surface area (Å²) in [5.41, 5.74) is 0.579. The molecule has 3 heterocycles. The first-order chi connectivity index (χ1) is 9.96. The quantitative estimate of drug-likeness (QED) is 0.909. The molecular weight excluding hydrogens is 284 g/mol. The molecule has 3 rings (SSSR count). The number of aliphatic hydroxyl groups is 1. The number of imidazole rings is 1. The number of nitrogens with zero attached hydrogens (tertiary/aromatic N) is 3. The SMILES string of the molecule is CC(C)NCc1c(N2CCCC(C)(O)C2)nc2sccn12. The molecule has 2 aromatic heterocycles. The van der Waals surface area contributed by atoms with Gasteiger partial charge in [0.1, 0.15) is 0 Å². The van der Waals surface area contributed by atoms with Crippen LogP contribution in [0.25, 0.3) is 4.96 Å². The normalized spacial score (nSPS) is 23.4. The third kappa shape index (κ3) is 3.07. The zero-order chi connectivity index (χ0) is 15.0. The average Bonchev–Trinajstić information content (AvgIpc) is 2.95. The Morgan fingerprint density at radius 3 is 3.05 bits per heavy atom. The molecule has 0 spiro atoms. The van der Waals surface area contributed by atoms with Crippen molar-refractivity contribution in [1.29, 1.82) is 0 Å². The minimum Gasteiger partial charge on any atom is -0.388 e. The summed E-state index contributed by atoms with van der Waals surface area (Å²) < 4.78 is 2.17. The molecule has 1 atom stereocenters. The van der Waals surface area contributed by atoms with Gasteiger partial charge in [0.15, 0.2) is 10.8 Å². The minimum absolute atomic E-state index is 0.437. The van der Waals surface area contributed by atoms with Crippen molar-refractivity contribution in [3.8, 4) is 0 Å². The van der Waals surface area contributed by atoms with E-state index >= 15 is 0 Å². The van der Waals surface area contributed by atoms with Crippen LogP contribution in [0.3, 0.4) is 0 Å². The van der Waals surface area contributed by atoms with Crippen LogP contribution in [0.2, 0.25) is 0 Å². The molecule has 1 aliphatic rings. The Morgan fingerprint density at radius 2 is 2.33 bits per heavy atom. The summed E-state index contributed by atoms with van der Waals surface area (Å²) in [4.78, 5) is 8.06. The van der Waals surface area contributed by atoms with Gasteiger partial charge >= 0.3 is 0 Å². The number of piperidine rings is 1. The first kappa shape index (κ1) is 14.8. The van der Waals surface area contributed by atoms with E-state index in [0.29, 0.717) is 12.6 Å². The molecule has 0 aromatic carbocycles. The van der Waals surface area contributed by atoms with Gasteiger partial charge in [-0.25, -0.2) is 4.98 Å². The summed E-state index contributed by atoms with van der Waals surface area (Å²) in [7, 11) is 0. The van der Waals surface area contributed by atoms with E-state index in [0.717, 1.165) is 36.7 Å². The van der Waals surface area contributed by atoms with Crippen LogP contribution in [0.1, 0.15) is 39.3 Å². The third-order valence-corrected chi connectivity index (χ3v) is 4.75. The van der Waals surface area contributed by atoms with Gasteiger partial charge in [0.05, 0.1) is 11.3 Å². The maximum atomic E-state index is 10.4. The average molecular weight is 308 g/mol. The van der Waals surface area contributed by atoms with Gasteiger partial charge in [0.2, 0.25) is 0 Å². The van der Waals surface area contributed by atoms with Gasteiger partial charge in [-0.1, -0.05) is 13.8 Å². The van der Waals surface area contributed by atoms with E-state index in [2.05, 4.69) is 40.0 Å². The van der Waals surface area contributed by atoms with Gasteiger partial charge in [-0.2, -0.15) is 0 Å². The molecule has 5 nitrogen and oxygen atoms in total. The molecule has 0 saturated carbocycles. The highest BCUT2D eigenvalue weighted by atomic mass is 32.1. The van der Waals surface area contributed by atoms with Crippen LogP contribution < -0.4 is 10.2 Å². The summed E-state index contributed by atoms with van der Waals surface area (Å²) in [5.74, 6) is 1.02. The zero-order valence-electron chi connectivity index (χ0n) is 13.0. The number of β-amino-alcohol motifs (C(OH)–C–C–N with tert-alkyl or cyclic N) is 1. The van der Waals surface area contributed by atoms with Crippen LogP contribution in [-0.2, 0) is 6.54 Å². The molecule has 0 bridgehead atoms. The summed E-state index contributed by atoms with van der Waals surface area (Å²) in [6.45, 7) is 8.64. The van der Waals surface area contributed by atoms with Crippen LogP contribution >= 0.6 is 11.3 Å². The van der Waals surface area contributed by atoms with E-state index in [1.165, 1.54) is 5.69 Å². The van der Waals surface area contributed by atoms with Crippen molar-refractivity contribution >= 4 is 22.1 Å². The molecule has 2 aromatic rings. The minimum atomic E-state index is -0.613. The van der Waals surface area contributed by atoms with Crippen LogP contribution in [0.15, 0.2) is 11.6 Å². The molecular formula is C15H24N4OS. The second kappa shape index (κ2) is 5.59. The second-order valence-electron chi connectivity index (χ2n) is 6.50. The molecule has 1 fully saturated rings. The highest BCUT2D eigenvalue weighted by Crippen LogP contribution is 2.30. The van der Waals surface area contributed by atoms with E-state index in [4.69, 9.17) is 4.98 Å². The maximum Gasteiger partial charge on any atom is 0.195 e. The lowest BCUT2D eigenvalue weighted by molar-refractivity contribution is 0.0447. The molecule has 21 heavy (non-hydrogen) atoms. The van der Waals surface area contributed by atoms with Crippen molar-refractivity contribution in [2.75, 3.05) is 18.0 Å². The van der Waals surface area contributed by atoms with Gasteiger partial charge in [0, 0.05) is 37.3 Å². The highest BCUT2D eigenvalue weighted by Gasteiger charge is 2.31. The predicted octanol–water partition coefficient (Wildman–Crippen LogP) is 2.25. The molecule has 116 valence electrons. The number of anilines is 1. The van der Waals surface area contributed by atoms with E-state index in [1.807, 2.05) is 6.92 Å². The maximum absolute atomic E-state index is 10.4. The van der Waals surface area contributed by atoms with Gasteiger partial charge in [-0.3, -0.25) is 4.40 Å². The summed E-state index contributed by atoms with van der Waals surface area (Å²) in [6, 6.07) is 0.437. The summed E-state index contributed by atoms with van der Waals surface area (Å²) >= 11 is 1.66. The number of hydrogen-bond acceptors (Lipinski definition) is 5. The van der Waals surface area contributed by atoms with Crippen LogP contribution in [0.5, 0.6) is 0 Å². The number of thiazole rings is 1. The Kier molecular flexibility index (Phi) is 3.94. The van der Waals surface area contributed by atoms with Gasteiger partial charge in [-0.05, 0) is 19.8 Å². The summed E-state index contributed by atoms with van der Waals surface area (Å²) in [6.07, 6.45) is 3.95. The van der Waals surface area contributed by atoms with E-state index in [-0.39, 0.29) is 0 Å². The molecule has 0 amide bonds. The highest BCUT2D eigenvalue weighted by molar-refractivity contribution is 7.15. The molecule has 2 N–H and O–H groups in total. The predicted molar refractivity (Wildman–Crippen MR) is 87.1 cm³/mol. The molecule has 1 aliphatic heterocycles.